The van der Waals surface area contributed by atoms with Crippen molar-refractivity contribution in [3.05, 3.63) is 51.3 Å². The summed E-state index contributed by atoms with van der Waals surface area (Å²) in [7, 11) is 0. The summed E-state index contributed by atoms with van der Waals surface area (Å²) >= 11 is 0. The van der Waals surface area contributed by atoms with E-state index in [1.807, 2.05) is 0 Å². The number of nitro groups is 1. The van der Waals surface area contributed by atoms with Crippen molar-refractivity contribution in [1.29, 1.82) is 0 Å². The van der Waals surface area contributed by atoms with Crippen molar-refractivity contribution in [2.24, 2.45) is 5.73 Å². The van der Waals surface area contributed by atoms with Gasteiger partial charge in [0.05, 0.1) is 17.6 Å². The molecule has 2 amide bonds. The lowest BCUT2D eigenvalue weighted by Gasteiger charge is -2.27. The minimum Gasteiger partial charge on any atom is -0.462 e. The minimum absolute atomic E-state index is 0.00180. The van der Waals surface area contributed by atoms with E-state index in [1.54, 1.807) is 13.0 Å². The number of hydrogen-bond acceptors (Lipinski definition) is 6. The summed E-state index contributed by atoms with van der Waals surface area (Å²) in [6.45, 7) is 1.76. The van der Waals surface area contributed by atoms with Crippen molar-refractivity contribution in [1.82, 2.24) is 10.6 Å². The summed E-state index contributed by atoms with van der Waals surface area (Å²) in [6.07, 6.45) is 0. The van der Waals surface area contributed by atoms with Crippen LogP contribution in [0.15, 0.2) is 35.7 Å². The maximum Gasteiger partial charge on any atom is 0.340 e. The number of non-ortho nitro benzene ring substituents is 1. The maximum absolute atomic E-state index is 12.0. The number of nitrogens with zero attached hydrogens (tertiary/aromatic N) is 1. The Labute approximate surface area is 125 Å². The number of ether oxygens (including phenoxy) is 1. The molecule has 1 aliphatic heterocycles. The summed E-state index contributed by atoms with van der Waals surface area (Å²) in [6, 6.07) is 4.05. The number of rotatable bonds is 4. The van der Waals surface area contributed by atoms with Gasteiger partial charge in [0.2, 0.25) is 0 Å². The average molecular weight is 306 g/mol. The topological polar surface area (TPSA) is 137 Å². The van der Waals surface area contributed by atoms with Gasteiger partial charge in [0.1, 0.15) is 11.4 Å². The molecule has 0 unspecified atom stereocenters. The molecule has 1 aromatic carbocycles. The van der Waals surface area contributed by atoms with E-state index < -0.39 is 23.0 Å². The number of nitro benzene ring substituents is 1. The molecule has 0 bridgehead atoms. The number of carbonyl (C=O) groups excluding carboxylic acids is 2. The Hall–Kier alpha value is -3.10. The van der Waals surface area contributed by atoms with Crippen LogP contribution < -0.4 is 16.4 Å². The molecule has 116 valence electrons. The highest BCUT2D eigenvalue weighted by Gasteiger charge is 2.33. The highest BCUT2D eigenvalue weighted by molar-refractivity contribution is 5.94. The predicted molar refractivity (Wildman–Crippen MR) is 75.4 cm³/mol. The monoisotopic (exact) mass is 306 g/mol. The lowest BCUT2D eigenvalue weighted by molar-refractivity contribution is -0.384. The zero-order chi connectivity index (χ0) is 16.3. The highest BCUT2D eigenvalue weighted by Crippen LogP contribution is 2.28. The van der Waals surface area contributed by atoms with E-state index in [2.05, 4.69) is 10.6 Å². The zero-order valence-electron chi connectivity index (χ0n) is 11.7. The number of nitrogens with two attached hydrogens (primary N) is 1. The Balaban J connectivity index is 2.47. The lowest BCUT2D eigenvalue weighted by Crippen LogP contribution is -2.48. The third kappa shape index (κ3) is 2.97. The number of amides is 2. The third-order valence-corrected chi connectivity index (χ3v) is 3.01. The Morgan fingerprint density at radius 2 is 2.23 bits per heavy atom. The molecule has 0 aromatic heterocycles. The van der Waals surface area contributed by atoms with Gasteiger partial charge in [0.15, 0.2) is 0 Å². The van der Waals surface area contributed by atoms with Crippen molar-refractivity contribution in [2.75, 3.05) is 6.61 Å². The van der Waals surface area contributed by atoms with E-state index in [0.29, 0.717) is 5.56 Å². The first-order valence-electron chi connectivity index (χ1n) is 6.42. The van der Waals surface area contributed by atoms with Crippen LogP contribution in [-0.2, 0) is 9.53 Å². The van der Waals surface area contributed by atoms with Gasteiger partial charge < -0.3 is 15.8 Å². The number of hydrogen-bond donors (Lipinski definition) is 3. The van der Waals surface area contributed by atoms with Gasteiger partial charge in [0, 0.05) is 12.1 Å². The summed E-state index contributed by atoms with van der Waals surface area (Å²) in [5.41, 5.74) is 5.90. The van der Waals surface area contributed by atoms with Gasteiger partial charge in [-0.05, 0) is 12.5 Å². The largest absolute Gasteiger partial charge is 0.462 e. The molecule has 9 heteroatoms. The number of carbonyl (C=O) groups is 2. The first-order chi connectivity index (χ1) is 10.4. The van der Waals surface area contributed by atoms with Gasteiger partial charge in [-0.3, -0.25) is 15.4 Å². The fourth-order valence-electron chi connectivity index (χ4n) is 2.09. The molecule has 22 heavy (non-hydrogen) atoms. The Morgan fingerprint density at radius 1 is 1.50 bits per heavy atom. The van der Waals surface area contributed by atoms with E-state index in [0.717, 1.165) is 0 Å². The maximum atomic E-state index is 12.0. The van der Waals surface area contributed by atoms with Crippen molar-refractivity contribution >= 4 is 17.7 Å². The Kier molecular flexibility index (Phi) is 4.25. The smallest absolute Gasteiger partial charge is 0.340 e. The van der Waals surface area contributed by atoms with Crippen LogP contribution in [0.2, 0.25) is 0 Å². The lowest BCUT2D eigenvalue weighted by atomic mass is 9.97. The number of urea groups is 1. The molecule has 0 radical (unpaired) electrons. The molecule has 0 saturated heterocycles. The van der Waals surface area contributed by atoms with Crippen molar-refractivity contribution < 1.29 is 19.2 Å². The van der Waals surface area contributed by atoms with Crippen LogP contribution in [0.1, 0.15) is 18.5 Å². The van der Waals surface area contributed by atoms with Crippen LogP contribution in [-0.4, -0.2) is 23.5 Å². The molecule has 2 rings (SSSR count). The molecule has 0 saturated carbocycles. The molecule has 0 fully saturated rings. The SMILES string of the molecule is CCOC(=O)C1=C(N)NC(=O)N[C@@H]1c1cccc([N+](=O)[O-])c1. The third-order valence-electron chi connectivity index (χ3n) is 3.01. The summed E-state index contributed by atoms with van der Waals surface area (Å²) in [4.78, 5) is 33.9. The molecule has 1 aromatic rings. The number of nitrogens with one attached hydrogen (secondary N) is 2. The van der Waals surface area contributed by atoms with Crippen LogP contribution in [0.5, 0.6) is 0 Å². The molecule has 9 nitrogen and oxygen atoms in total. The van der Waals surface area contributed by atoms with Gasteiger partial charge >= 0.3 is 12.0 Å². The summed E-state index contributed by atoms with van der Waals surface area (Å²) in [5.74, 6) is -0.845. The molecular formula is C13H14N4O5. The van der Waals surface area contributed by atoms with Crippen LogP contribution in [0.25, 0.3) is 0 Å². The Bertz CT molecular complexity index is 670. The van der Waals surface area contributed by atoms with Crippen LogP contribution >= 0.6 is 0 Å². The molecule has 1 heterocycles. The van der Waals surface area contributed by atoms with E-state index in [1.165, 1.54) is 18.2 Å². The van der Waals surface area contributed by atoms with Gasteiger partial charge in [-0.15, -0.1) is 0 Å². The van der Waals surface area contributed by atoms with Crippen LogP contribution in [0, 0.1) is 10.1 Å². The van der Waals surface area contributed by atoms with Crippen molar-refractivity contribution in [2.45, 2.75) is 13.0 Å². The van der Waals surface area contributed by atoms with Crippen molar-refractivity contribution in [3.8, 4) is 0 Å². The van der Waals surface area contributed by atoms with Crippen LogP contribution in [0.3, 0.4) is 0 Å². The molecule has 0 spiro atoms. The highest BCUT2D eigenvalue weighted by atomic mass is 16.6. The van der Waals surface area contributed by atoms with Gasteiger partial charge in [0.25, 0.3) is 5.69 Å². The molecular weight excluding hydrogens is 292 g/mol. The fourth-order valence-corrected chi connectivity index (χ4v) is 2.09. The van der Waals surface area contributed by atoms with Gasteiger partial charge in [-0.2, -0.15) is 0 Å². The Morgan fingerprint density at radius 3 is 2.86 bits per heavy atom. The predicted octanol–water partition coefficient (Wildman–Crippen LogP) is 0.682. The average Bonchev–Trinajstić information content (AvgIpc) is 2.46. The second-order valence-electron chi connectivity index (χ2n) is 4.43. The van der Waals surface area contributed by atoms with Crippen LogP contribution in [0.4, 0.5) is 10.5 Å². The van der Waals surface area contributed by atoms with E-state index >= 15 is 0 Å². The molecule has 1 atom stereocenters. The number of esters is 1. The standard InChI is InChI=1S/C13H14N4O5/c1-2-22-12(18)9-10(15-13(19)16-11(9)14)7-4-3-5-8(6-7)17(20)21/h3-6,10H,2,14H2,1H3,(H2,15,16,19)/t10-/m1/s1. The van der Waals surface area contributed by atoms with Gasteiger partial charge in [-0.25, -0.2) is 9.59 Å². The second kappa shape index (κ2) is 6.12. The second-order valence-corrected chi connectivity index (χ2v) is 4.43. The normalized spacial score (nSPS) is 17.5. The number of benzene rings is 1. The first kappa shape index (κ1) is 15.3. The summed E-state index contributed by atoms with van der Waals surface area (Å²) < 4.78 is 4.91. The molecule has 1 aliphatic rings. The molecule has 0 aliphatic carbocycles. The van der Waals surface area contributed by atoms with E-state index in [4.69, 9.17) is 10.5 Å². The quantitative estimate of drug-likeness (QED) is 0.425. The summed E-state index contributed by atoms with van der Waals surface area (Å²) in [5, 5.41) is 15.6. The van der Waals surface area contributed by atoms with E-state index in [9.17, 15) is 19.7 Å². The minimum atomic E-state index is -0.923. The van der Waals surface area contributed by atoms with Gasteiger partial charge in [-0.1, -0.05) is 12.1 Å². The zero-order valence-corrected chi connectivity index (χ0v) is 11.7. The van der Waals surface area contributed by atoms with Crippen molar-refractivity contribution in [3.63, 3.8) is 0 Å². The first-order valence-corrected chi connectivity index (χ1v) is 6.42. The van der Waals surface area contributed by atoms with E-state index in [-0.39, 0.29) is 23.7 Å². The fraction of sp³-hybridized carbons (Fsp3) is 0.231. The molecule has 4 N–H and O–H groups in total.